The van der Waals surface area contributed by atoms with Gasteiger partial charge in [0.15, 0.2) is 6.04 Å². The van der Waals surface area contributed by atoms with Crippen LogP contribution in [0.1, 0.15) is 76.8 Å². The first kappa shape index (κ1) is 27.9. The van der Waals surface area contributed by atoms with Crippen LogP contribution in [0.2, 0.25) is 0 Å². The van der Waals surface area contributed by atoms with Crippen LogP contribution in [-0.2, 0) is 22.5 Å². The molecule has 0 fully saturated rings. The lowest BCUT2D eigenvalue weighted by molar-refractivity contribution is -0.919. The zero-order chi connectivity index (χ0) is 24.8. The highest BCUT2D eigenvalue weighted by molar-refractivity contribution is 5.74. The molecule has 0 spiro atoms. The number of carbonyl (C=O) groups excluding carboxylic acids is 1. The second kappa shape index (κ2) is 14.8. The van der Waals surface area contributed by atoms with Gasteiger partial charge in [-0.25, -0.2) is 4.79 Å². The van der Waals surface area contributed by atoms with E-state index in [-0.39, 0.29) is 24.7 Å². The molecule has 0 aliphatic rings. The number of unbranched alkanes of at least 4 members (excludes halogenated alkanes) is 5. The van der Waals surface area contributed by atoms with Crippen LogP contribution in [0.25, 0.3) is 0 Å². The molecule has 34 heavy (non-hydrogen) atoms. The largest absolute Gasteiger partial charge is 0.487 e. The third kappa shape index (κ3) is 9.89. The van der Waals surface area contributed by atoms with Crippen LogP contribution in [0.3, 0.4) is 0 Å². The van der Waals surface area contributed by atoms with Crippen molar-refractivity contribution in [3.05, 3.63) is 65.7 Å². The van der Waals surface area contributed by atoms with Crippen molar-refractivity contribution < 1.29 is 18.8 Å². The van der Waals surface area contributed by atoms with Crippen molar-refractivity contribution in [2.24, 2.45) is 0 Å². The first-order chi connectivity index (χ1) is 16.4. The summed E-state index contributed by atoms with van der Waals surface area (Å²) in [5.41, 5.74) is 2.53. The van der Waals surface area contributed by atoms with Crippen molar-refractivity contribution in [3.8, 4) is 5.75 Å². The molecule has 188 valence electrons. The zero-order valence-corrected chi connectivity index (χ0v) is 22.1. The molecule has 0 saturated heterocycles. The van der Waals surface area contributed by atoms with E-state index in [0.717, 1.165) is 25.1 Å². The van der Waals surface area contributed by atoms with Crippen LogP contribution in [0.15, 0.2) is 54.6 Å². The summed E-state index contributed by atoms with van der Waals surface area (Å²) in [6, 6.07) is 18.4. The van der Waals surface area contributed by atoms with E-state index in [4.69, 9.17) is 9.47 Å². The molecule has 2 aromatic carbocycles. The highest BCUT2D eigenvalue weighted by Crippen LogP contribution is 2.20. The molecule has 2 unspecified atom stereocenters. The average molecular weight is 469 g/mol. The van der Waals surface area contributed by atoms with E-state index in [2.05, 4.69) is 51.4 Å². The molecule has 0 radical (unpaired) electrons. The highest BCUT2D eigenvalue weighted by Gasteiger charge is 2.35. The smallest absolute Gasteiger partial charge is 0.365 e. The summed E-state index contributed by atoms with van der Waals surface area (Å²) in [5.74, 6) is 0.690. The summed E-state index contributed by atoms with van der Waals surface area (Å²) in [7, 11) is 4.19. The molecule has 2 aromatic rings. The van der Waals surface area contributed by atoms with Crippen molar-refractivity contribution in [2.75, 3.05) is 20.7 Å². The van der Waals surface area contributed by atoms with Crippen LogP contribution in [-0.4, -0.2) is 43.3 Å². The fraction of sp³-hybridized carbons (Fsp3) is 0.567. The fourth-order valence-corrected chi connectivity index (χ4v) is 4.56. The Labute approximate surface area is 207 Å². The number of hydrogen-bond acceptors (Lipinski definition) is 3. The third-order valence-electron chi connectivity index (χ3n) is 6.45. The van der Waals surface area contributed by atoms with Gasteiger partial charge in [0, 0.05) is 12.0 Å². The minimum absolute atomic E-state index is 0.157. The van der Waals surface area contributed by atoms with E-state index >= 15 is 0 Å². The Balaban J connectivity index is 1.80. The van der Waals surface area contributed by atoms with Gasteiger partial charge in [0.05, 0.1) is 14.1 Å². The lowest BCUT2D eigenvalue weighted by Crippen LogP contribution is -2.52. The number of aryl methyl sites for hydroxylation is 1. The average Bonchev–Trinajstić information content (AvgIpc) is 2.81. The Kier molecular flexibility index (Phi) is 12.2. The summed E-state index contributed by atoms with van der Waals surface area (Å²) in [5, 5.41) is 0. The Morgan fingerprint density at radius 3 is 2.26 bits per heavy atom. The lowest BCUT2D eigenvalue weighted by atomic mass is 10.0. The van der Waals surface area contributed by atoms with Crippen LogP contribution in [0.5, 0.6) is 5.75 Å². The maximum atomic E-state index is 12.9. The molecular weight excluding hydrogens is 422 g/mol. The summed E-state index contributed by atoms with van der Waals surface area (Å²) in [6.45, 7) is 7.29. The third-order valence-corrected chi connectivity index (χ3v) is 6.45. The number of hydrogen-bond donors (Lipinski definition) is 0. The zero-order valence-electron chi connectivity index (χ0n) is 22.1. The van der Waals surface area contributed by atoms with Crippen molar-refractivity contribution in [1.29, 1.82) is 0 Å². The summed E-state index contributed by atoms with van der Waals surface area (Å²) in [4.78, 5) is 12.9. The van der Waals surface area contributed by atoms with Gasteiger partial charge in [0.25, 0.3) is 0 Å². The van der Waals surface area contributed by atoms with Crippen LogP contribution >= 0.6 is 0 Å². The topological polar surface area (TPSA) is 35.5 Å². The molecular formula is C30H46NO3+. The number of carbonyl (C=O) groups is 1. The first-order valence-electron chi connectivity index (χ1n) is 13.1. The van der Waals surface area contributed by atoms with Gasteiger partial charge >= 0.3 is 5.97 Å². The fourth-order valence-electron chi connectivity index (χ4n) is 4.56. The number of rotatable bonds is 16. The standard InChI is InChI=1S/C30H46NO3/c1-6-8-9-10-11-13-17-26-20-16-21-28(22-26)34-25(3)24-33-30(32)29(7-2)31(4,5)23-27-18-14-12-15-19-27/h12,14-16,18-22,25,29H,6-11,13,17,23-24H2,1-5H3/q+1. The first-order valence-corrected chi connectivity index (χ1v) is 13.1. The number of benzene rings is 2. The molecule has 2 atom stereocenters. The molecule has 0 N–H and O–H groups in total. The molecule has 0 aromatic heterocycles. The van der Waals surface area contributed by atoms with Crippen LogP contribution in [0.4, 0.5) is 0 Å². The Bertz CT molecular complexity index is 834. The summed E-state index contributed by atoms with van der Waals surface area (Å²) < 4.78 is 12.4. The van der Waals surface area contributed by atoms with Gasteiger partial charge in [0.2, 0.25) is 0 Å². The Morgan fingerprint density at radius 2 is 1.56 bits per heavy atom. The molecule has 0 aliphatic carbocycles. The van der Waals surface area contributed by atoms with Crippen LogP contribution < -0.4 is 4.74 Å². The van der Waals surface area contributed by atoms with Gasteiger partial charge < -0.3 is 14.0 Å². The van der Waals surface area contributed by atoms with Crippen molar-refractivity contribution in [2.45, 2.75) is 90.8 Å². The van der Waals surface area contributed by atoms with E-state index in [1.54, 1.807) is 0 Å². The molecule has 4 nitrogen and oxygen atoms in total. The van der Waals surface area contributed by atoms with E-state index < -0.39 is 0 Å². The van der Waals surface area contributed by atoms with E-state index in [0.29, 0.717) is 4.48 Å². The van der Waals surface area contributed by atoms with E-state index in [9.17, 15) is 4.79 Å². The minimum Gasteiger partial charge on any atom is -0.487 e. The number of nitrogens with zero attached hydrogens (tertiary/aromatic N) is 1. The Hall–Kier alpha value is -2.33. The minimum atomic E-state index is -0.215. The monoisotopic (exact) mass is 468 g/mol. The highest BCUT2D eigenvalue weighted by atomic mass is 16.6. The number of esters is 1. The molecule has 0 saturated carbocycles. The van der Waals surface area contributed by atoms with Crippen molar-refractivity contribution in [3.63, 3.8) is 0 Å². The van der Waals surface area contributed by atoms with E-state index in [1.165, 1.54) is 49.7 Å². The molecule has 0 bridgehead atoms. The lowest BCUT2D eigenvalue weighted by Gasteiger charge is -2.36. The predicted molar refractivity (Wildman–Crippen MR) is 141 cm³/mol. The summed E-state index contributed by atoms with van der Waals surface area (Å²) in [6.07, 6.45) is 9.42. The number of quaternary nitrogens is 1. The van der Waals surface area contributed by atoms with Gasteiger partial charge in [-0.15, -0.1) is 0 Å². The SMILES string of the molecule is CCCCCCCCc1cccc(OC(C)COC(=O)C(CC)[N+](C)(C)Cc2ccccc2)c1. The van der Waals surface area contributed by atoms with Gasteiger partial charge in [-0.1, -0.05) is 88.4 Å². The second-order valence-electron chi connectivity index (χ2n) is 10.1. The van der Waals surface area contributed by atoms with E-state index in [1.807, 2.05) is 38.1 Å². The molecule has 0 heterocycles. The van der Waals surface area contributed by atoms with Crippen molar-refractivity contribution >= 4 is 5.97 Å². The Morgan fingerprint density at radius 1 is 0.882 bits per heavy atom. The predicted octanol–water partition coefficient (Wildman–Crippen LogP) is 6.96. The van der Waals surface area contributed by atoms with Crippen molar-refractivity contribution in [1.82, 2.24) is 0 Å². The second-order valence-corrected chi connectivity index (χ2v) is 10.1. The molecule has 0 aliphatic heterocycles. The normalized spacial score (nSPS) is 13.3. The molecule has 4 heteroatoms. The van der Waals surface area contributed by atoms with Gasteiger partial charge in [-0.05, 0) is 37.5 Å². The number of ether oxygens (including phenoxy) is 2. The summed E-state index contributed by atoms with van der Waals surface area (Å²) >= 11 is 0. The van der Waals surface area contributed by atoms with Gasteiger partial charge in [-0.3, -0.25) is 0 Å². The quantitative estimate of drug-likeness (QED) is 0.152. The maximum absolute atomic E-state index is 12.9. The van der Waals surface area contributed by atoms with Gasteiger partial charge in [-0.2, -0.15) is 0 Å². The number of likely N-dealkylation sites (N-methyl/N-ethyl adjacent to an activating group) is 1. The van der Waals surface area contributed by atoms with Crippen LogP contribution in [0, 0.1) is 0 Å². The molecule has 2 rings (SSSR count). The molecule has 0 amide bonds. The maximum Gasteiger partial charge on any atom is 0.365 e. The van der Waals surface area contributed by atoms with Gasteiger partial charge in [0.1, 0.15) is 25.0 Å².